The zero-order valence-electron chi connectivity index (χ0n) is 8.47. The summed E-state index contributed by atoms with van der Waals surface area (Å²) in [5.41, 5.74) is 13.8. The lowest BCUT2D eigenvalue weighted by atomic mass is 10.3. The SMILES string of the molecule is CC(N)=S.N=C(N)N.Oc1ccccc1. The van der Waals surface area contributed by atoms with E-state index in [1.54, 1.807) is 31.2 Å². The Labute approximate surface area is 94.4 Å². The summed E-state index contributed by atoms with van der Waals surface area (Å²) >= 11 is 4.31. The third-order valence-corrected chi connectivity index (χ3v) is 0.756. The Morgan fingerprint density at radius 2 is 1.47 bits per heavy atom. The normalized spacial score (nSPS) is 7.27. The van der Waals surface area contributed by atoms with Crippen LogP contribution in [-0.4, -0.2) is 16.1 Å². The summed E-state index contributed by atoms with van der Waals surface area (Å²) in [6.45, 7) is 1.68. The van der Waals surface area contributed by atoms with Gasteiger partial charge < -0.3 is 22.3 Å². The average molecular weight is 228 g/mol. The van der Waals surface area contributed by atoms with Crippen LogP contribution in [0, 0.1) is 5.41 Å². The summed E-state index contributed by atoms with van der Waals surface area (Å²) in [6.07, 6.45) is 0. The van der Waals surface area contributed by atoms with Crippen molar-refractivity contribution in [2.45, 2.75) is 6.92 Å². The topological polar surface area (TPSA) is 122 Å². The molecule has 0 bridgehead atoms. The highest BCUT2D eigenvalue weighted by atomic mass is 32.1. The van der Waals surface area contributed by atoms with Gasteiger partial charge in [0.05, 0.1) is 4.99 Å². The Bertz CT molecular complexity index is 269. The van der Waals surface area contributed by atoms with Crippen molar-refractivity contribution in [3.8, 4) is 5.75 Å². The Morgan fingerprint density at radius 1 is 1.20 bits per heavy atom. The smallest absolute Gasteiger partial charge is 0.183 e. The first-order valence-corrected chi connectivity index (χ1v) is 4.36. The number of phenolic OH excluding ortho intramolecular Hbond substituents is 1. The van der Waals surface area contributed by atoms with E-state index in [-0.39, 0.29) is 5.96 Å². The first-order chi connectivity index (χ1) is 6.86. The van der Waals surface area contributed by atoms with Crippen LogP contribution < -0.4 is 17.2 Å². The van der Waals surface area contributed by atoms with E-state index in [2.05, 4.69) is 23.7 Å². The van der Waals surface area contributed by atoms with E-state index >= 15 is 0 Å². The van der Waals surface area contributed by atoms with Gasteiger partial charge in [-0.05, 0) is 19.1 Å². The molecule has 0 aliphatic rings. The number of phenols is 1. The molecule has 6 heteroatoms. The molecule has 15 heavy (non-hydrogen) atoms. The van der Waals surface area contributed by atoms with E-state index in [1.165, 1.54) is 0 Å². The van der Waals surface area contributed by atoms with Crippen molar-refractivity contribution in [3.63, 3.8) is 0 Å². The van der Waals surface area contributed by atoms with E-state index in [0.717, 1.165) is 0 Å². The van der Waals surface area contributed by atoms with Crippen LogP contribution in [0.15, 0.2) is 30.3 Å². The zero-order chi connectivity index (χ0) is 12.3. The number of hydrogen-bond donors (Lipinski definition) is 5. The fourth-order valence-electron chi connectivity index (χ4n) is 0.428. The van der Waals surface area contributed by atoms with Gasteiger partial charge in [-0.2, -0.15) is 0 Å². The molecule has 0 saturated carbocycles. The van der Waals surface area contributed by atoms with Crippen molar-refractivity contribution >= 4 is 23.2 Å². The Balaban J connectivity index is 0. The molecule has 1 aromatic carbocycles. The number of benzene rings is 1. The number of nitrogens with two attached hydrogens (primary N) is 3. The molecule has 0 saturated heterocycles. The molecule has 0 aliphatic carbocycles. The number of aromatic hydroxyl groups is 1. The number of rotatable bonds is 0. The maximum absolute atomic E-state index is 8.63. The van der Waals surface area contributed by atoms with Gasteiger partial charge >= 0.3 is 0 Å². The van der Waals surface area contributed by atoms with E-state index in [4.69, 9.17) is 16.2 Å². The van der Waals surface area contributed by atoms with Gasteiger partial charge in [-0.25, -0.2) is 0 Å². The molecule has 0 aliphatic heterocycles. The van der Waals surface area contributed by atoms with Crippen molar-refractivity contribution in [1.29, 1.82) is 5.41 Å². The fraction of sp³-hybridized carbons (Fsp3) is 0.111. The second-order valence-corrected chi connectivity index (χ2v) is 3.05. The van der Waals surface area contributed by atoms with Crippen LogP contribution in [0.5, 0.6) is 5.75 Å². The molecule has 0 heterocycles. The first-order valence-electron chi connectivity index (χ1n) is 3.95. The molecule has 0 spiro atoms. The minimum absolute atomic E-state index is 0.322. The molecule has 0 amide bonds. The predicted molar refractivity (Wildman–Crippen MR) is 66.7 cm³/mol. The summed E-state index contributed by atoms with van der Waals surface area (Å²) in [7, 11) is 0. The lowest BCUT2D eigenvalue weighted by molar-refractivity contribution is 0.475. The molecule has 0 fully saturated rings. The molecule has 0 radical (unpaired) electrons. The summed E-state index contributed by atoms with van der Waals surface area (Å²) in [5, 5.41) is 14.7. The van der Waals surface area contributed by atoms with Gasteiger partial charge in [0.15, 0.2) is 5.96 Å². The van der Waals surface area contributed by atoms with Crippen LogP contribution in [0.3, 0.4) is 0 Å². The van der Waals surface area contributed by atoms with Crippen molar-refractivity contribution in [1.82, 2.24) is 0 Å². The molecule has 0 aromatic heterocycles. The molecular weight excluding hydrogens is 212 g/mol. The second-order valence-electron chi connectivity index (χ2n) is 2.40. The Morgan fingerprint density at radius 3 is 1.60 bits per heavy atom. The van der Waals surface area contributed by atoms with Gasteiger partial charge in [0.1, 0.15) is 5.75 Å². The lowest BCUT2D eigenvalue weighted by Crippen LogP contribution is -2.20. The lowest BCUT2D eigenvalue weighted by Gasteiger charge is -1.82. The second kappa shape index (κ2) is 10.3. The highest BCUT2D eigenvalue weighted by Crippen LogP contribution is 2.02. The van der Waals surface area contributed by atoms with E-state index < -0.39 is 0 Å². The molecule has 1 aromatic rings. The van der Waals surface area contributed by atoms with Crippen molar-refractivity contribution in [2.75, 3.05) is 0 Å². The number of para-hydroxylation sites is 1. The molecule has 5 nitrogen and oxygen atoms in total. The Hall–Kier alpha value is -1.82. The van der Waals surface area contributed by atoms with E-state index in [9.17, 15) is 0 Å². The van der Waals surface area contributed by atoms with Crippen molar-refractivity contribution in [3.05, 3.63) is 30.3 Å². The van der Waals surface area contributed by atoms with E-state index in [0.29, 0.717) is 10.7 Å². The van der Waals surface area contributed by atoms with Crippen LogP contribution in [-0.2, 0) is 0 Å². The molecular formula is C9H16N4OS. The summed E-state index contributed by atoms with van der Waals surface area (Å²) in [6, 6.07) is 8.71. The number of hydrogen-bond acceptors (Lipinski definition) is 3. The highest BCUT2D eigenvalue weighted by molar-refractivity contribution is 7.80. The van der Waals surface area contributed by atoms with Gasteiger partial charge in [0.25, 0.3) is 0 Å². The standard InChI is InChI=1S/C6H6O.C2H5NS.CH5N3/c7-6-4-2-1-3-5-6;1-2(3)4;2-1(3)4/h1-5,7H;1H3,(H2,3,4);(H5,2,3,4). The minimum Gasteiger partial charge on any atom is -0.508 e. The molecule has 0 atom stereocenters. The van der Waals surface area contributed by atoms with Crippen LogP contribution in [0.4, 0.5) is 0 Å². The third kappa shape index (κ3) is 33.0. The van der Waals surface area contributed by atoms with Gasteiger partial charge in [-0.3, -0.25) is 5.41 Å². The van der Waals surface area contributed by atoms with Crippen molar-refractivity contribution < 1.29 is 5.11 Å². The van der Waals surface area contributed by atoms with Crippen molar-refractivity contribution in [2.24, 2.45) is 17.2 Å². The summed E-state index contributed by atoms with van der Waals surface area (Å²) in [4.78, 5) is 0.500. The molecule has 0 unspecified atom stereocenters. The van der Waals surface area contributed by atoms with E-state index in [1.807, 2.05) is 6.07 Å². The van der Waals surface area contributed by atoms with Gasteiger partial charge in [-0.1, -0.05) is 30.4 Å². The van der Waals surface area contributed by atoms with Gasteiger partial charge in [-0.15, -0.1) is 0 Å². The van der Waals surface area contributed by atoms with Crippen LogP contribution in [0.1, 0.15) is 6.92 Å². The minimum atomic E-state index is -0.333. The quantitative estimate of drug-likeness (QED) is 0.252. The predicted octanol–water partition coefficient (Wildman–Crippen LogP) is 0.523. The summed E-state index contributed by atoms with van der Waals surface area (Å²) in [5.74, 6) is -0.0116. The number of nitrogens with one attached hydrogen (secondary N) is 1. The van der Waals surface area contributed by atoms with Gasteiger partial charge in [0, 0.05) is 0 Å². The summed E-state index contributed by atoms with van der Waals surface area (Å²) < 4.78 is 0. The Kier molecular flexibility index (Phi) is 10.7. The third-order valence-electron chi connectivity index (χ3n) is 0.756. The molecule has 1 rings (SSSR count). The molecule has 8 N–H and O–H groups in total. The average Bonchev–Trinajstić information content (AvgIpc) is 2.03. The maximum atomic E-state index is 8.63. The van der Waals surface area contributed by atoms with Crippen LogP contribution >= 0.6 is 12.2 Å². The monoisotopic (exact) mass is 228 g/mol. The van der Waals surface area contributed by atoms with Gasteiger partial charge in [0.2, 0.25) is 0 Å². The van der Waals surface area contributed by atoms with Crippen LogP contribution in [0.25, 0.3) is 0 Å². The highest BCUT2D eigenvalue weighted by Gasteiger charge is 1.74. The first kappa shape index (κ1) is 15.6. The number of guanidine groups is 1. The fourth-order valence-corrected chi connectivity index (χ4v) is 0.428. The molecule has 84 valence electrons. The largest absolute Gasteiger partial charge is 0.508 e. The number of thiocarbonyl (C=S) groups is 1. The van der Waals surface area contributed by atoms with Crippen LogP contribution in [0.2, 0.25) is 0 Å². The maximum Gasteiger partial charge on any atom is 0.183 e. The zero-order valence-corrected chi connectivity index (χ0v) is 9.29.